The van der Waals surface area contributed by atoms with E-state index in [-0.39, 0.29) is 18.8 Å². The summed E-state index contributed by atoms with van der Waals surface area (Å²) in [5.41, 5.74) is 6.06. The van der Waals surface area contributed by atoms with Gasteiger partial charge in [0.25, 0.3) is 0 Å². The summed E-state index contributed by atoms with van der Waals surface area (Å²) in [4.78, 5) is 27.3. The molecule has 0 unspecified atom stereocenters. The summed E-state index contributed by atoms with van der Waals surface area (Å²) in [5.74, 6) is -0.911. The molecule has 0 aliphatic carbocycles. The minimum Gasteiger partial charge on any atom is -0.480 e. The number of benzene rings is 1. The first-order chi connectivity index (χ1) is 9.99. The highest BCUT2D eigenvalue weighted by molar-refractivity contribution is 5.88. The van der Waals surface area contributed by atoms with Crippen LogP contribution >= 0.6 is 0 Å². The number of anilines is 1. The number of rotatable bonds is 5. The molecule has 1 atom stereocenters. The molecule has 21 heavy (non-hydrogen) atoms. The third kappa shape index (κ3) is 3.46. The van der Waals surface area contributed by atoms with E-state index in [9.17, 15) is 14.7 Å². The number of carboxylic acids is 1. The van der Waals surface area contributed by atoms with Crippen LogP contribution in [0.15, 0.2) is 36.4 Å². The van der Waals surface area contributed by atoms with Crippen molar-refractivity contribution in [1.82, 2.24) is 4.98 Å². The Morgan fingerprint density at radius 2 is 1.90 bits per heavy atom. The molecule has 0 saturated heterocycles. The second-order valence-corrected chi connectivity index (χ2v) is 4.53. The number of hydrogen-bond acceptors (Lipinski definition) is 4. The van der Waals surface area contributed by atoms with Crippen molar-refractivity contribution >= 4 is 28.8 Å². The van der Waals surface area contributed by atoms with E-state index >= 15 is 0 Å². The maximum absolute atomic E-state index is 11.3. The van der Waals surface area contributed by atoms with Crippen LogP contribution in [0, 0.1) is 0 Å². The molecule has 0 fully saturated rings. The van der Waals surface area contributed by atoms with Crippen LogP contribution in [-0.2, 0) is 4.79 Å². The standard InChI is InChI=1S/C14H15N3O4/c15-10(13(18)19)7-8-17(14(20)21)12-6-5-9-3-1-2-4-11(9)16-12/h1-6,10H,7-8,15H2,(H,18,19)(H,20,21)/t10-/m0/s1. The van der Waals surface area contributed by atoms with Gasteiger partial charge in [-0.2, -0.15) is 0 Å². The fourth-order valence-corrected chi connectivity index (χ4v) is 1.91. The zero-order chi connectivity index (χ0) is 15.4. The van der Waals surface area contributed by atoms with Gasteiger partial charge in [0.15, 0.2) is 0 Å². The van der Waals surface area contributed by atoms with E-state index < -0.39 is 18.1 Å². The number of carbonyl (C=O) groups is 2. The van der Waals surface area contributed by atoms with Gasteiger partial charge in [-0.25, -0.2) is 9.78 Å². The summed E-state index contributed by atoms with van der Waals surface area (Å²) >= 11 is 0. The van der Waals surface area contributed by atoms with Crippen LogP contribution in [-0.4, -0.2) is 39.8 Å². The molecule has 1 aromatic heterocycles. The minimum atomic E-state index is -1.20. The number of hydrogen-bond donors (Lipinski definition) is 3. The van der Waals surface area contributed by atoms with E-state index in [0.29, 0.717) is 5.52 Å². The summed E-state index contributed by atoms with van der Waals surface area (Å²) in [7, 11) is 0. The Morgan fingerprint density at radius 1 is 1.19 bits per heavy atom. The van der Waals surface area contributed by atoms with Crippen molar-refractivity contribution in [3.05, 3.63) is 36.4 Å². The van der Waals surface area contributed by atoms with Gasteiger partial charge in [-0.1, -0.05) is 18.2 Å². The molecule has 0 aliphatic rings. The Hall–Kier alpha value is -2.67. The van der Waals surface area contributed by atoms with Crippen LogP contribution in [0.1, 0.15) is 6.42 Å². The van der Waals surface area contributed by atoms with E-state index in [1.54, 1.807) is 18.2 Å². The monoisotopic (exact) mass is 289 g/mol. The van der Waals surface area contributed by atoms with Crippen molar-refractivity contribution in [2.24, 2.45) is 5.73 Å². The number of pyridine rings is 1. The van der Waals surface area contributed by atoms with Gasteiger partial charge in [0.05, 0.1) is 5.52 Å². The fourth-order valence-electron chi connectivity index (χ4n) is 1.91. The van der Waals surface area contributed by atoms with Crippen molar-refractivity contribution in [2.45, 2.75) is 12.5 Å². The third-order valence-electron chi connectivity index (χ3n) is 3.07. The molecule has 1 aromatic carbocycles. The lowest BCUT2D eigenvalue weighted by atomic mass is 10.2. The van der Waals surface area contributed by atoms with Gasteiger partial charge in [-0.15, -0.1) is 0 Å². The molecule has 7 nitrogen and oxygen atoms in total. The predicted octanol–water partition coefficient (Wildman–Crippen LogP) is 1.52. The van der Waals surface area contributed by atoms with Crippen molar-refractivity contribution in [1.29, 1.82) is 0 Å². The largest absolute Gasteiger partial charge is 0.480 e. The first-order valence-corrected chi connectivity index (χ1v) is 6.33. The zero-order valence-corrected chi connectivity index (χ0v) is 11.1. The van der Waals surface area contributed by atoms with Gasteiger partial charge in [0, 0.05) is 11.9 Å². The number of aliphatic carboxylic acids is 1. The molecule has 0 bridgehead atoms. The lowest BCUT2D eigenvalue weighted by Crippen LogP contribution is -2.38. The number of para-hydroxylation sites is 1. The van der Waals surface area contributed by atoms with Crippen molar-refractivity contribution in [3.63, 3.8) is 0 Å². The molecule has 0 spiro atoms. The van der Waals surface area contributed by atoms with Gasteiger partial charge in [-0.3, -0.25) is 9.69 Å². The third-order valence-corrected chi connectivity index (χ3v) is 3.07. The van der Waals surface area contributed by atoms with Crippen LogP contribution in [0.4, 0.5) is 10.6 Å². The van der Waals surface area contributed by atoms with Gasteiger partial charge in [0.2, 0.25) is 0 Å². The van der Waals surface area contributed by atoms with Gasteiger partial charge >= 0.3 is 12.1 Å². The molecule has 1 heterocycles. The Labute approximate surface area is 120 Å². The fraction of sp³-hybridized carbons (Fsp3) is 0.214. The Balaban J connectivity index is 2.23. The normalized spacial score (nSPS) is 12.0. The maximum Gasteiger partial charge on any atom is 0.413 e. The lowest BCUT2D eigenvalue weighted by Gasteiger charge is -2.19. The second kappa shape index (κ2) is 6.19. The van der Waals surface area contributed by atoms with Crippen molar-refractivity contribution < 1.29 is 19.8 Å². The lowest BCUT2D eigenvalue weighted by molar-refractivity contribution is -0.138. The summed E-state index contributed by atoms with van der Waals surface area (Å²) in [6, 6.07) is 9.58. The number of amides is 1. The van der Waals surface area contributed by atoms with Gasteiger partial charge in [0.1, 0.15) is 11.9 Å². The summed E-state index contributed by atoms with van der Waals surface area (Å²) in [5, 5.41) is 18.9. The van der Waals surface area contributed by atoms with Crippen molar-refractivity contribution in [2.75, 3.05) is 11.4 Å². The van der Waals surface area contributed by atoms with Crippen LogP contribution in [0.25, 0.3) is 10.9 Å². The van der Waals surface area contributed by atoms with E-state index in [0.717, 1.165) is 10.3 Å². The van der Waals surface area contributed by atoms with Crippen LogP contribution in [0.3, 0.4) is 0 Å². The molecule has 0 saturated carbocycles. The van der Waals surface area contributed by atoms with Gasteiger partial charge in [-0.05, 0) is 24.6 Å². The number of nitrogens with zero attached hydrogens (tertiary/aromatic N) is 2. The highest BCUT2D eigenvalue weighted by Crippen LogP contribution is 2.18. The quantitative estimate of drug-likeness (QED) is 0.768. The SMILES string of the molecule is N[C@@H](CCN(C(=O)O)c1ccc2ccccc2n1)C(=O)O. The Morgan fingerprint density at radius 3 is 2.57 bits per heavy atom. The summed E-state index contributed by atoms with van der Waals surface area (Å²) in [6.07, 6.45) is -1.19. The second-order valence-electron chi connectivity index (χ2n) is 4.53. The van der Waals surface area contributed by atoms with Gasteiger partial charge < -0.3 is 15.9 Å². The number of fused-ring (bicyclic) bond motifs is 1. The van der Waals surface area contributed by atoms with Crippen molar-refractivity contribution in [3.8, 4) is 0 Å². The molecule has 110 valence electrons. The first-order valence-electron chi connectivity index (χ1n) is 6.33. The molecular formula is C14H15N3O4. The zero-order valence-electron chi connectivity index (χ0n) is 11.1. The van der Waals surface area contributed by atoms with E-state index in [1.165, 1.54) is 0 Å². The summed E-state index contributed by atoms with van der Waals surface area (Å²) < 4.78 is 0. The van der Waals surface area contributed by atoms with Crippen LogP contribution < -0.4 is 10.6 Å². The maximum atomic E-state index is 11.3. The summed E-state index contributed by atoms with van der Waals surface area (Å²) in [6.45, 7) is -0.0336. The van der Waals surface area contributed by atoms with E-state index in [1.807, 2.05) is 18.2 Å². The topological polar surface area (TPSA) is 117 Å². The minimum absolute atomic E-state index is 0.0101. The molecule has 7 heteroatoms. The average Bonchev–Trinajstić information content (AvgIpc) is 2.46. The molecule has 0 radical (unpaired) electrons. The molecule has 0 aliphatic heterocycles. The average molecular weight is 289 g/mol. The molecule has 2 rings (SSSR count). The smallest absolute Gasteiger partial charge is 0.413 e. The van der Waals surface area contributed by atoms with Crippen LogP contribution in [0.5, 0.6) is 0 Å². The highest BCUT2D eigenvalue weighted by Gasteiger charge is 2.19. The number of aromatic nitrogens is 1. The molecular weight excluding hydrogens is 274 g/mol. The predicted molar refractivity (Wildman–Crippen MR) is 77.3 cm³/mol. The first kappa shape index (κ1) is 14.7. The van der Waals surface area contributed by atoms with E-state index in [4.69, 9.17) is 10.8 Å². The van der Waals surface area contributed by atoms with E-state index in [2.05, 4.69) is 4.98 Å². The van der Waals surface area contributed by atoms with Crippen LogP contribution in [0.2, 0.25) is 0 Å². The molecule has 1 amide bonds. The molecule has 2 aromatic rings. The Bertz CT molecular complexity index is 674. The molecule has 4 N–H and O–H groups in total. The Kier molecular flexibility index (Phi) is 4.34. The number of nitrogens with two attached hydrogens (primary N) is 1. The number of carboxylic acid groups (broad SMARTS) is 2. The highest BCUT2D eigenvalue weighted by atomic mass is 16.4.